The molecule has 0 atom stereocenters. The lowest BCUT2D eigenvalue weighted by atomic mass is 10.0. The van der Waals surface area contributed by atoms with Gasteiger partial charge in [-0.05, 0) is 13.1 Å². The smallest absolute Gasteiger partial charge is 0.280 e. The lowest BCUT2D eigenvalue weighted by molar-refractivity contribution is -0.385. The molecule has 0 radical (unpaired) electrons. The second kappa shape index (κ2) is 7.03. The molecule has 2 N–H and O–H groups in total. The topological polar surface area (TPSA) is 86.2 Å². The van der Waals surface area contributed by atoms with Gasteiger partial charge in [0.2, 0.25) is 0 Å². The summed E-state index contributed by atoms with van der Waals surface area (Å²) in [5.74, 6) is -0.335. The normalized spacial score (nSPS) is 9.16. The summed E-state index contributed by atoms with van der Waals surface area (Å²) in [5, 5.41) is 10.8. The molecule has 2 aromatic carbocycles. The van der Waals surface area contributed by atoms with Gasteiger partial charge in [0.15, 0.2) is 5.78 Å². The van der Waals surface area contributed by atoms with E-state index < -0.39 is 4.92 Å². The first-order valence-corrected chi connectivity index (χ1v) is 5.61. The highest BCUT2D eigenvalue weighted by Gasteiger charge is 2.19. The van der Waals surface area contributed by atoms with Gasteiger partial charge in [-0.2, -0.15) is 0 Å². The Balaban J connectivity index is 0.000000861. The summed E-state index contributed by atoms with van der Waals surface area (Å²) in [6, 6.07) is 14.5. The predicted octanol–water partition coefficient (Wildman–Crippen LogP) is 2.40. The number of rotatable bonds is 3. The number of carbonyl (C=O) groups excluding carboxylic acids is 1. The minimum absolute atomic E-state index is 0.115. The molecule has 0 bridgehead atoms. The standard InChI is InChI=1S/C13H9NO3.CH5N/c15-13(10-6-2-1-3-7-10)11-8-4-5-9-12(11)14(16)17;1-2/h1-9H;2H2,1H3. The van der Waals surface area contributed by atoms with Gasteiger partial charge < -0.3 is 5.73 Å². The van der Waals surface area contributed by atoms with E-state index in [2.05, 4.69) is 5.73 Å². The largest absolute Gasteiger partial charge is 0.333 e. The molecule has 0 spiro atoms. The molecule has 0 unspecified atom stereocenters. The quantitative estimate of drug-likeness (QED) is 0.520. The van der Waals surface area contributed by atoms with Crippen LogP contribution < -0.4 is 5.73 Å². The van der Waals surface area contributed by atoms with Crippen molar-refractivity contribution in [1.82, 2.24) is 0 Å². The Kier molecular flexibility index (Phi) is 5.37. The van der Waals surface area contributed by atoms with Crippen LogP contribution in [-0.2, 0) is 0 Å². The van der Waals surface area contributed by atoms with Crippen LogP contribution in [0.4, 0.5) is 5.69 Å². The zero-order valence-electron chi connectivity index (χ0n) is 10.4. The van der Waals surface area contributed by atoms with Gasteiger partial charge in [-0.1, -0.05) is 42.5 Å². The molecule has 0 aliphatic rings. The minimum atomic E-state index is -0.545. The van der Waals surface area contributed by atoms with Crippen molar-refractivity contribution in [2.45, 2.75) is 0 Å². The van der Waals surface area contributed by atoms with E-state index in [1.54, 1.807) is 42.5 Å². The van der Waals surface area contributed by atoms with Crippen LogP contribution in [0.3, 0.4) is 0 Å². The van der Waals surface area contributed by atoms with E-state index in [4.69, 9.17) is 0 Å². The average molecular weight is 258 g/mol. The zero-order valence-corrected chi connectivity index (χ0v) is 10.4. The number of para-hydroxylation sites is 1. The number of hydrogen-bond donors (Lipinski definition) is 1. The van der Waals surface area contributed by atoms with Crippen LogP contribution in [0, 0.1) is 10.1 Å². The average Bonchev–Trinajstić information content (AvgIpc) is 2.49. The Morgan fingerprint density at radius 3 is 2.11 bits per heavy atom. The Labute approximate surface area is 110 Å². The third kappa shape index (κ3) is 3.46. The Bertz CT molecular complexity index is 568. The van der Waals surface area contributed by atoms with Crippen molar-refractivity contribution in [3.05, 3.63) is 75.8 Å². The van der Waals surface area contributed by atoms with Crippen molar-refractivity contribution >= 4 is 11.5 Å². The Morgan fingerprint density at radius 2 is 1.53 bits per heavy atom. The molecule has 0 saturated carbocycles. The van der Waals surface area contributed by atoms with Crippen molar-refractivity contribution in [2.75, 3.05) is 7.05 Å². The highest BCUT2D eigenvalue weighted by molar-refractivity contribution is 6.11. The number of hydrogen-bond acceptors (Lipinski definition) is 4. The first kappa shape index (κ1) is 14.5. The molecule has 0 heterocycles. The maximum atomic E-state index is 12.1. The molecule has 5 nitrogen and oxygen atoms in total. The number of nitro benzene ring substituents is 1. The van der Waals surface area contributed by atoms with Gasteiger partial charge >= 0.3 is 0 Å². The number of benzene rings is 2. The zero-order chi connectivity index (χ0) is 14.3. The minimum Gasteiger partial charge on any atom is -0.333 e. The summed E-state index contributed by atoms with van der Waals surface area (Å²) in [7, 11) is 1.50. The molecule has 19 heavy (non-hydrogen) atoms. The van der Waals surface area contributed by atoms with Crippen LogP contribution in [0.5, 0.6) is 0 Å². The lowest BCUT2D eigenvalue weighted by Gasteiger charge is -2.01. The molecule has 0 saturated heterocycles. The summed E-state index contributed by atoms with van der Waals surface area (Å²) in [6.07, 6.45) is 0. The van der Waals surface area contributed by atoms with Crippen molar-refractivity contribution in [2.24, 2.45) is 5.73 Å². The van der Waals surface area contributed by atoms with Gasteiger partial charge in [0.25, 0.3) is 5.69 Å². The van der Waals surface area contributed by atoms with Crippen LogP contribution in [0.1, 0.15) is 15.9 Å². The third-order valence-electron chi connectivity index (χ3n) is 2.38. The second-order valence-electron chi connectivity index (χ2n) is 3.47. The summed E-state index contributed by atoms with van der Waals surface area (Å²) in [4.78, 5) is 22.3. The molecule has 0 amide bonds. The van der Waals surface area contributed by atoms with Gasteiger partial charge in [0.05, 0.1) is 4.92 Å². The van der Waals surface area contributed by atoms with Crippen LogP contribution in [-0.4, -0.2) is 17.8 Å². The fourth-order valence-corrected chi connectivity index (χ4v) is 1.57. The molecule has 2 rings (SSSR count). The number of nitro groups is 1. The van der Waals surface area contributed by atoms with Crippen LogP contribution in [0.2, 0.25) is 0 Å². The van der Waals surface area contributed by atoms with E-state index in [0.29, 0.717) is 5.56 Å². The fraction of sp³-hybridized carbons (Fsp3) is 0.0714. The predicted molar refractivity (Wildman–Crippen MR) is 73.1 cm³/mol. The first-order chi connectivity index (χ1) is 9.20. The molecule has 0 fully saturated rings. The van der Waals surface area contributed by atoms with E-state index in [0.717, 1.165) is 0 Å². The Hall–Kier alpha value is -2.53. The summed E-state index contributed by atoms with van der Waals surface area (Å²) in [5.41, 5.74) is 4.90. The third-order valence-corrected chi connectivity index (χ3v) is 2.38. The molecule has 0 aromatic heterocycles. The van der Waals surface area contributed by atoms with Gasteiger partial charge in [-0.25, -0.2) is 0 Å². The van der Waals surface area contributed by atoms with E-state index in [1.807, 2.05) is 0 Å². The van der Waals surface area contributed by atoms with Crippen LogP contribution in [0.25, 0.3) is 0 Å². The van der Waals surface area contributed by atoms with Crippen LogP contribution in [0.15, 0.2) is 54.6 Å². The van der Waals surface area contributed by atoms with Crippen molar-refractivity contribution in [3.8, 4) is 0 Å². The highest BCUT2D eigenvalue weighted by atomic mass is 16.6. The molecule has 2 aromatic rings. The summed E-state index contributed by atoms with van der Waals surface area (Å²) >= 11 is 0. The molecule has 0 aliphatic heterocycles. The van der Waals surface area contributed by atoms with E-state index >= 15 is 0 Å². The van der Waals surface area contributed by atoms with Gasteiger partial charge in [0.1, 0.15) is 5.56 Å². The summed E-state index contributed by atoms with van der Waals surface area (Å²) in [6.45, 7) is 0. The molecular formula is C14H14N2O3. The van der Waals surface area contributed by atoms with Gasteiger partial charge in [-0.15, -0.1) is 0 Å². The van der Waals surface area contributed by atoms with Crippen molar-refractivity contribution in [1.29, 1.82) is 0 Å². The summed E-state index contributed by atoms with van der Waals surface area (Å²) < 4.78 is 0. The number of nitrogens with zero attached hydrogens (tertiary/aromatic N) is 1. The molecule has 98 valence electrons. The monoisotopic (exact) mass is 258 g/mol. The maximum Gasteiger partial charge on any atom is 0.280 e. The number of ketones is 1. The van der Waals surface area contributed by atoms with E-state index in [9.17, 15) is 14.9 Å². The van der Waals surface area contributed by atoms with Gasteiger partial charge in [-0.3, -0.25) is 14.9 Å². The second-order valence-corrected chi connectivity index (χ2v) is 3.47. The van der Waals surface area contributed by atoms with Crippen molar-refractivity contribution in [3.63, 3.8) is 0 Å². The van der Waals surface area contributed by atoms with Crippen molar-refractivity contribution < 1.29 is 9.72 Å². The van der Waals surface area contributed by atoms with Gasteiger partial charge in [0, 0.05) is 11.6 Å². The highest BCUT2D eigenvalue weighted by Crippen LogP contribution is 2.20. The number of carbonyl (C=O) groups is 1. The lowest BCUT2D eigenvalue weighted by Crippen LogP contribution is -2.04. The fourth-order valence-electron chi connectivity index (χ4n) is 1.57. The number of nitrogens with two attached hydrogens (primary N) is 1. The van der Waals surface area contributed by atoms with E-state index in [1.165, 1.54) is 19.2 Å². The SMILES string of the molecule is CN.O=C(c1ccccc1)c1ccccc1[N+](=O)[O-]. The Morgan fingerprint density at radius 1 is 1.00 bits per heavy atom. The molecular weight excluding hydrogens is 244 g/mol. The molecule has 0 aliphatic carbocycles. The van der Waals surface area contributed by atoms with Crippen LogP contribution >= 0.6 is 0 Å². The van der Waals surface area contributed by atoms with E-state index in [-0.39, 0.29) is 17.0 Å². The first-order valence-electron chi connectivity index (χ1n) is 5.61. The molecule has 5 heteroatoms. The maximum absolute atomic E-state index is 12.1.